The van der Waals surface area contributed by atoms with E-state index in [-0.39, 0.29) is 24.0 Å². The molecule has 0 aliphatic heterocycles. The van der Waals surface area contributed by atoms with E-state index in [1.54, 1.807) is 7.05 Å². The van der Waals surface area contributed by atoms with Crippen molar-refractivity contribution >= 4 is 41.0 Å². The summed E-state index contributed by atoms with van der Waals surface area (Å²) in [5, 5.41) is 6.67. The Balaban J connectivity index is 0.00000225. The number of imidazole rings is 1. The lowest BCUT2D eigenvalue weighted by atomic mass is 10.1. The first-order chi connectivity index (χ1) is 11.7. The molecule has 132 valence electrons. The summed E-state index contributed by atoms with van der Waals surface area (Å²) in [4.78, 5) is 8.95. The lowest BCUT2D eigenvalue weighted by molar-refractivity contribution is 0.736. The number of aliphatic imine (C=N–C) groups is 1. The maximum atomic E-state index is 4.67. The number of hydrogen-bond acceptors (Lipinski definition) is 2. The first-order valence-electron chi connectivity index (χ1n) is 8.08. The van der Waals surface area contributed by atoms with Gasteiger partial charge in [-0.1, -0.05) is 42.0 Å². The third-order valence-electron chi connectivity index (χ3n) is 4.06. The molecule has 0 bridgehead atoms. The number of nitrogens with zero attached hydrogens (tertiary/aromatic N) is 3. The largest absolute Gasteiger partial charge is 0.352 e. The molecule has 0 amide bonds. The summed E-state index contributed by atoms with van der Waals surface area (Å²) in [6.45, 7) is 3.46. The Labute approximate surface area is 165 Å². The van der Waals surface area contributed by atoms with Gasteiger partial charge in [-0.05, 0) is 24.6 Å². The van der Waals surface area contributed by atoms with Crippen LogP contribution in [-0.2, 0) is 20.1 Å². The predicted molar refractivity (Wildman–Crippen MR) is 114 cm³/mol. The van der Waals surface area contributed by atoms with Crippen LogP contribution in [0.3, 0.4) is 0 Å². The molecule has 5 nitrogen and oxygen atoms in total. The number of hydrogen-bond donors (Lipinski definition) is 2. The highest BCUT2D eigenvalue weighted by molar-refractivity contribution is 14.0. The molecule has 0 atom stereocenters. The predicted octanol–water partition coefficient (Wildman–Crippen LogP) is 3.36. The highest BCUT2D eigenvalue weighted by Gasteiger charge is 2.07. The number of aryl methyl sites for hydroxylation is 2. The van der Waals surface area contributed by atoms with Gasteiger partial charge in [0, 0.05) is 20.6 Å². The summed E-state index contributed by atoms with van der Waals surface area (Å²) in [6.07, 6.45) is 0. The average Bonchev–Trinajstić information content (AvgIpc) is 2.92. The van der Waals surface area contributed by atoms with Gasteiger partial charge in [0.2, 0.25) is 0 Å². The molecule has 2 N–H and O–H groups in total. The Bertz CT molecular complexity index is 869. The van der Waals surface area contributed by atoms with E-state index in [2.05, 4.69) is 62.4 Å². The van der Waals surface area contributed by atoms with E-state index in [0.717, 1.165) is 29.4 Å². The van der Waals surface area contributed by atoms with Crippen molar-refractivity contribution in [2.75, 3.05) is 7.05 Å². The quantitative estimate of drug-likeness (QED) is 0.365. The Morgan fingerprint density at radius 2 is 1.84 bits per heavy atom. The number of guanidine groups is 1. The van der Waals surface area contributed by atoms with E-state index in [4.69, 9.17) is 0 Å². The zero-order valence-corrected chi connectivity index (χ0v) is 17.1. The van der Waals surface area contributed by atoms with Gasteiger partial charge < -0.3 is 15.2 Å². The Morgan fingerprint density at radius 3 is 2.56 bits per heavy atom. The Morgan fingerprint density at radius 1 is 1.08 bits per heavy atom. The molecule has 0 fully saturated rings. The van der Waals surface area contributed by atoms with E-state index >= 15 is 0 Å². The van der Waals surface area contributed by atoms with Crippen molar-refractivity contribution in [3.8, 4) is 0 Å². The second kappa shape index (κ2) is 8.84. The maximum Gasteiger partial charge on any atom is 0.191 e. The number of para-hydroxylation sites is 2. The number of halogens is 1. The Hall–Kier alpha value is -2.09. The highest BCUT2D eigenvalue weighted by atomic mass is 127. The molecule has 6 heteroatoms. The van der Waals surface area contributed by atoms with Crippen LogP contribution in [0.2, 0.25) is 0 Å². The molecule has 0 saturated carbocycles. The van der Waals surface area contributed by atoms with Crippen molar-refractivity contribution in [1.82, 2.24) is 20.2 Å². The monoisotopic (exact) mass is 449 g/mol. The first-order valence-corrected chi connectivity index (χ1v) is 8.08. The van der Waals surface area contributed by atoms with Crippen LogP contribution in [0.5, 0.6) is 0 Å². The molecule has 2 aromatic carbocycles. The molecule has 0 unspecified atom stereocenters. The van der Waals surface area contributed by atoms with Gasteiger partial charge in [-0.15, -0.1) is 24.0 Å². The van der Waals surface area contributed by atoms with Crippen molar-refractivity contribution in [3.05, 3.63) is 65.5 Å². The third kappa shape index (κ3) is 4.72. The standard InChI is InChI=1S/C19H23N5.HI/c1-14-7-6-8-15(11-14)12-21-19(20-2)22-13-18-23-16-9-4-5-10-17(16)24(18)3;/h4-11H,12-13H2,1-3H3,(H2,20,21,22);1H. The third-order valence-corrected chi connectivity index (χ3v) is 4.06. The van der Waals surface area contributed by atoms with Gasteiger partial charge in [-0.2, -0.15) is 0 Å². The lowest BCUT2D eigenvalue weighted by Gasteiger charge is -2.12. The van der Waals surface area contributed by atoms with Crippen molar-refractivity contribution in [1.29, 1.82) is 0 Å². The molecular formula is C19H24IN5. The fraction of sp³-hybridized carbons (Fsp3) is 0.263. The smallest absolute Gasteiger partial charge is 0.191 e. The lowest BCUT2D eigenvalue weighted by Crippen LogP contribution is -2.36. The summed E-state index contributed by atoms with van der Waals surface area (Å²) < 4.78 is 2.11. The van der Waals surface area contributed by atoms with E-state index in [1.165, 1.54) is 11.1 Å². The molecule has 3 rings (SSSR count). The number of aromatic nitrogens is 2. The SMILES string of the molecule is CN=C(NCc1cccc(C)c1)NCc1nc2ccccc2n1C.I. The summed E-state index contributed by atoms with van der Waals surface area (Å²) in [7, 11) is 3.82. The van der Waals surface area contributed by atoms with Crippen LogP contribution < -0.4 is 10.6 Å². The van der Waals surface area contributed by atoms with Crippen LogP contribution in [0, 0.1) is 6.92 Å². The minimum Gasteiger partial charge on any atom is -0.352 e. The number of rotatable bonds is 4. The Kier molecular flexibility index (Phi) is 6.81. The summed E-state index contributed by atoms with van der Waals surface area (Å²) in [5.41, 5.74) is 4.65. The molecule has 25 heavy (non-hydrogen) atoms. The topological polar surface area (TPSA) is 54.2 Å². The molecule has 1 heterocycles. The van der Waals surface area contributed by atoms with Crippen LogP contribution in [0.4, 0.5) is 0 Å². The fourth-order valence-electron chi connectivity index (χ4n) is 2.74. The van der Waals surface area contributed by atoms with Gasteiger partial charge >= 0.3 is 0 Å². The second-order valence-corrected chi connectivity index (χ2v) is 5.84. The van der Waals surface area contributed by atoms with E-state index in [0.29, 0.717) is 6.54 Å². The zero-order chi connectivity index (χ0) is 16.9. The molecule has 0 spiro atoms. The van der Waals surface area contributed by atoms with Crippen LogP contribution in [0.15, 0.2) is 53.5 Å². The zero-order valence-electron chi connectivity index (χ0n) is 14.8. The average molecular weight is 449 g/mol. The number of fused-ring (bicyclic) bond motifs is 1. The van der Waals surface area contributed by atoms with Crippen molar-refractivity contribution in [2.24, 2.45) is 12.0 Å². The molecule has 0 aliphatic rings. The summed E-state index contributed by atoms with van der Waals surface area (Å²) in [5.74, 6) is 1.75. The fourth-order valence-corrected chi connectivity index (χ4v) is 2.74. The molecule has 0 saturated heterocycles. The molecule has 0 aliphatic carbocycles. The van der Waals surface area contributed by atoms with Gasteiger partial charge in [0.15, 0.2) is 5.96 Å². The summed E-state index contributed by atoms with van der Waals surface area (Å²) >= 11 is 0. The van der Waals surface area contributed by atoms with Crippen molar-refractivity contribution < 1.29 is 0 Å². The molecular weight excluding hydrogens is 425 g/mol. The van der Waals surface area contributed by atoms with Gasteiger partial charge in [-0.3, -0.25) is 4.99 Å². The first kappa shape index (κ1) is 19.2. The molecule has 1 aromatic heterocycles. The maximum absolute atomic E-state index is 4.67. The van der Waals surface area contributed by atoms with E-state index < -0.39 is 0 Å². The van der Waals surface area contributed by atoms with Crippen molar-refractivity contribution in [3.63, 3.8) is 0 Å². The van der Waals surface area contributed by atoms with Crippen LogP contribution in [-0.4, -0.2) is 22.6 Å². The second-order valence-electron chi connectivity index (χ2n) is 5.84. The van der Waals surface area contributed by atoms with Gasteiger partial charge in [-0.25, -0.2) is 4.98 Å². The highest BCUT2D eigenvalue weighted by Crippen LogP contribution is 2.13. The molecule has 3 aromatic rings. The van der Waals surface area contributed by atoms with Crippen molar-refractivity contribution in [2.45, 2.75) is 20.0 Å². The number of benzene rings is 2. The van der Waals surface area contributed by atoms with Gasteiger partial charge in [0.05, 0.1) is 17.6 Å². The van der Waals surface area contributed by atoms with Crippen LogP contribution in [0.25, 0.3) is 11.0 Å². The minimum absolute atomic E-state index is 0. The minimum atomic E-state index is 0. The van der Waals surface area contributed by atoms with E-state index in [9.17, 15) is 0 Å². The van der Waals surface area contributed by atoms with Gasteiger partial charge in [0.1, 0.15) is 5.82 Å². The normalized spacial score (nSPS) is 11.2. The molecule has 0 radical (unpaired) electrons. The number of nitrogens with one attached hydrogen (secondary N) is 2. The van der Waals surface area contributed by atoms with E-state index in [1.807, 2.05) is 25.2 Å². The van der Waals surface area contributed by atoms with Crippen LogP contribution in [0.1, 0.15) is 17.0 Å². The van der Waals surface area contributed by atoms with Crippen LogP contribution >= 0.6 is 24.0 Å². The summed E-state index contributed by atoms with van der Waals surface area (Å²) in [6, 6.07) is 16.6. The van der Waals surface area contributed by atoms with Gasteiger partial charge in [0.25, 0.3) is 0 Å².